The average molecular weight is 260 g/mol. The van der Waals surface area contributed by atoms with E-state index < -0.39 is 0 Å². The number of aryl methyl sites for hydroxylation is 1. The molecule has 0 bridgehead atoms. The molecule has 0 spiro atoms. The molecule has 0 unspecified atom stereocenters. The predicted octanol–water partition coefficient (Wildman–Crippen LogP) is 0.837. The van der Waals surface area contributed by atoms with Crippen molar-refractivity contribution in [2.45, 2.75) is 13.3 Å². The quantitative estimate of drug-likeness (QED) is 0.831. The maximum absolute atomic E-state index is 11.8. The number of hydrogen-bond donors (Lipinski definition) is 2. The second kappa shape index (κ2) is 5.94. The molecule has 100 valence electrons. The van der Waals surface area contributed by atoms with Crippen molar-refractivity contribution in [3.8, 4) is 0 Å². The average Bonchev–Trinajstić information content (AvgIpc) is 2.87. The first-order valence-corrected chi connectivity index (χ1v) is 6.01. The van der Waals surface area contributed by atoms with Crippen LogP contribution >= 0.6 is 0 Å². The van der Waals surface area contributed by atoms with Gasteiger partial charge >= 0.3 is 0 Å². The molecule has 19 heavy (non-hydrogen) atoms. The van der Waals surface area contributed by atoms with Gasteiger partial charge in [0.05, 0.1) is 6.54 Å². The summed E-state index contributed by atoms with van der Waals surface area (Å²) in [6.07, 6.45) is 4.12. The molecule has 0 atom stereocenters. The summed E-state index contributed by atoms with van der Waals surface area (Å²) in [5.74, 6) is 0.877. The van der Waals surface area contributed by atoms with Gasteiger partial charge in [-0.25, -0.2) is 9.97 Å². The van der Waals surface area contributed by atoms with Crippen molar-refractivity contribution in [1.29, 1.82) is 0 Å². The zero-order valence-corrected chi connectivity index (χ0v) is 10.9. The SMILES string of the molecule is CCc1cc(NC(=O)CN(C)c2ncccn2)n[nH]1. The molecule has 0 radical (unpaired) electrons. The van der Waals surface area contributed by atoms with Crippen molar-refractivity contribution in [1.82, 2.24) is 20.2 Å². The number of amides is 1. The van der Waals surface area contributed by atoms with E-state index >= 15 is 0 Å². The number of carbonyl (C=O) groups excluding carboxylic acids is 1. The van der Waals surface area contributed by atoms with E-state index in [1.165, 1.54) is 0 Å². The van der Waals surface area contributed by atoms with Crippen LogP contribution in [0.4, 0.5) is 11.8 Å². The number of carbonyl (C=O) groups is 1. The minimum Gasteiger partial charge on any atom is -0.335 e. The summed E-state index contributed by atoms with van der Waals surface area (Å²) in [5.41, 5.74) is 0.982. The Bertz CT molecular complexity index is 538. The Hall–Kier alpha value is -2.44. The van der Waals surface area contributed by atoms with Gasteiger partial charge in [-0.1, -0.05) is 6.92 Å². The van der Waals surface area contributed by atoms with Crippen LogP contribution in [-0.2, 0) is 11.2 Å². The van der Waals surface area contributed by atoms with Gasteiger partial charge in [0.15, 0.2) is 5.82 Å². The lowest BCUT2D eigenvalue weighted by atomic mass is 10.3. The van der Waals surface area contributed by atoms with Crippen LogP contribution in [0.5, 0.6) is 0 Å². The minimum absolute atomic E-state index is 0.163. The van der Waals surface area contributed by atoms with Gasteiger partial charge in [0.2, 0.25) is 11.9 Å². The Morgan fingerprint density at radius 1 is 1.42 bits per heavy atom. The molecule has 1 amide bonds. The molecule has 7 nitrogen and oxygen atoms in total. The number of anilines is 2. The standard InChI is InChI=1S/C12H16N6O/c1-3-9-7-10(17-16-9)15-11(19)8-18(2)12-13-5-4-6-14-12/h4-7H,3,8H2,1-2H3,(H2,15,16,17,19). The maximum atomic E-state index is 11.8. The summed E-state index contributed by atoms with van der Waals surface area (Å²) in [7, 11) is 1.76. The van der Waals surface area contributed by atoms with Crippen LogP contribution in [0.3, 0.4) is 0 Å². The predicted molar refractivity (Wildman–Crippen MR) is 71.9 cm³/mol. The third kappa shape index (κ3) is 3.51. The van der Waals surface area contributed by atoms with Crippen molar-refractivity contribution in [3.63, 3.8) is 0 Å². The van der Waals surface area contributed by atoms with Gasteiger partial charge in [-0.3, -0.25) is 9.89 Å². The Kier molecular flexibility index (Phi) is 4.07. The summed E-state index contributed by atoms with van der Waals surface area (Å²) in [6.45, 7) is 2.18. The fourth-order valence-corrected chi connectivity index (χ4v) is 1.56. The zero-order chi connectivity index (χ0) is 13.7. The normalized spacial score (nSPS) is 10.2. The Balaban J connectivity index is 1.91. The lowest BCUT2D eigenvalue weighted by Crippen LogP contribution is -2.31. The summed E-state index contributed by atoms with van der Waals surface area (Å²) < 4.78 is 0. The molecular weight excluding hydrogens is 244 g/mol. The van der Waals surface area contributed by atoms with E-state index in [4.69, 9.17) is 0 Å². The third-order valence-electron chi connectivity index (χ3n) is 2.55. The molecule has 0 aromatic carbocycles. The van der Waals surface area contributed by atoms with Crippen molar-refractivity contribution in [2.75, 3.05) is 23.8 Å². The summed E-state index contributed by atoms with van der Waals surface area (Å²) >= 11 is 0. The fraction of sp³-hybridized carbons (Fsp3) is 0.333. The van der Waals surface area contributed by atoms with Crippen LogP contribution in [0, 0.1) is 0 Å². The first-order valence-electron chi connectivity index (χ1n) is 6.01. The highest BCUT2D eigenvalue weighted by atomic mass is 16.2. The molecule has 0 saturated heterocycles. The molecule has 2 N–H and O–H groups in total. The molecule has 2 heterocycles. The van der Waals surface area contributed by atoms with Crippen molar-refractivity contribution < 1.29 is 4.79 Å². The number of aromatic amines is 1. The van der Waals surface area contributed by atoms with E-state index in [0.29, 0.717) is 11.8 Å². The van der Waals surface area contributed by atoms with Crippen LogP contribution in [0.25, 0.3) is 0 Å². The maximum Gasteiger partial charge on any atom is 0.245 e. The lowest BCUT2D eigenvalue weighted by molar-refractivity contribution is -0.115. The smallest absolute Gasteiger partial charge is 0.245 e. The van der Waals surface area contributed by atoms with E-state index in [0.717, 1.165) is 12.1 Å². The molecule has 2 aromatic rings. The van der Waals surface area contributed by atoms with Gasteiger partial charge in [-0.15, -0.1) is 0 Å². The number of H-pyrrole nitrogens is 1. The molecule has 0 aliphatic heterocycles. The molecule has 0 fully saturated rings. The van der Waals surface area contributed by atoms with E-state index in [1.54, 1.807) is 30.4 Å². The largest absolute Gasteiger partial charge is 0.335 e. The van der Waals surface area contributed by atoms with E-state index in [1.807, 2.05) is 13.0 Å². The van der Waals surface area contributed by atoms with Gasteiger partial charge in [0, 0.05) is 31.2 Å². The molecule has 0 saturated carbocycles. The van der Waals surface area contributed by atoms with Gasteiger partial charge in [0.1, 0.15) is 0 Å². The molecule has 0 aliphatic carbocycles. The lowest BCUT2D eigenvalue weighted by Gasteiger charge is -2.15. The highest BCUT2D eigenvalue weighted by Gasteiger charge is 2.10. The Labute approximate surface area is 111 Å². The molecular formula is C12H16N6O. The van der Waals surface area contributed by atoms with E-state index in [2.05, 4.69) is 25.5 Å². The number of rotatable bonds is 5. The number of likely N-dealkylation sites (N-methyl/N-ethyl adjacent to an activating group) is 1. The summed E-state index contributed by atoms with van der Waals surface area (Å²) in [5, 5.41) is 9.56. The topological polar surface area (TPSA) is 86.8 Å². The van der Waals surface area contributed by atoms with Gasteiger partial charge in [-0.2, -0.15) is 5.10 Å². The second-order valence-electron chi connectivity index (χ2n) is 4.09. The highest BCUT2D eigenvalue weighted by molar-refractivity contribution is 5.92. The highest BCUT2D eigenvalue weighted by Crippen LogP contribution is 2.06. The van der Waals surface area contributed by atoms with Crippen LogP contribution < -0.4 is 10.2 Å². The number of nitrogens with zero attached hydrogens (tertiary/aromatic N) is 4. The van der Waals surface area contributed by atoms with E-state index in [9.17, 15) is 4.79 Å². The van der Waals surface area contributed by atoms with Gasteiger partial charge in [0.25, 0.3) is 0 Å². The Morgan fingerprint density at radius 3 is 2.79 bits per heavy atom. The monoisotopic (exact) mass is 260 g/mol. The first-order chi connectivity index (χ1) is 9.19. The number of hydrogen-bond acceptors (Lipinski definition) is 5. The summed E-state index contributed by atoms with van der Waals surface area (Å²) in [6, 6.07) is 3.55. The van der Waals surface area contributed by atoms with Crippen molar-refractivity contribution >= 4 is 17.7 Å². The molecule has 2 aromatic heterocycles. The third-order valence-corrected chi connectivity index (χ3v) is 2.55. The minimum atomic E-state index is -0.163. The second-order valence-corrected chi connectivity index (χ2v) is 4.09. The molecule has 2 rings (SSSR count). The van der Waals surface area contributed by atoms with Gasteiger partial charge in [-0.05, 0) is 12.5 Å². The van der Waals surface area contributed by atoms with Crippen molar-refractivity contribution in [2.24, 2.45) is 0 Å². The van der Waals surface area contributed by atoms with Crippen LogP contribution in [-0.4, -0.2) is 39.7 Å². The first kappa shape index (κ1) is 13.0. The van der Waals surface area contributed by atoms with Gasteiger partial charge < -0.3 is 10.2 Å². The number of nitrogens with one attached hydrogen (secondary N) is 2. The van der Waals surface area contributed by atoms with Crippen LogP contribution in [0.1, 0.15) is 12.6 Å². The zero-order valence-electron chi connectivity index (χ0n) is 10.9. The fourth-order valence-electron chi connectivity index (χ4n) is 1.56. The molecule has 0 aliphatic rings. The Morgan fingerprint density at radius 2 is 2.16 bits per heavy atom. The molecule has 7 heteroatoms. The van der Waals surface area contributed by atoms with E-state index in [-0.39, 0.29) is 12.5 Å². The van der Waals surface area contributed by atoms with Crippen molar-refractivity contribution in [3.05, 3.63) is 30.2 Å². The van der Waals surface area contributed by atoms with Crippen LogP contribution in [0.15, 0.2) is 24.5 Å². The number of aromatic nitrogens is 4. The summed E-state index contributed by atoms with van der Waals surface area (Å²) in [4.78, 5) is 21.6. The van der Waals surface area contributed by atoms with Crippen LogP contribution in [0.2, 0.25) is 0 Å².